The van der Waals surface area contributed by atoms with Gasteiger partial charge in [0.05, 0.1) is 13.7 Å². The van der Waals surface area contributed by atoms with Crippen LogP contribution in [0.3, 0.4) is 0 Å². The molecule has 27 heavy (non-hydrogen) atoms. The van der Waals surface area contributed by atoms with Gasteiger partial charge in [-0.25, -0.2) is 4.79 Å². The summed E-state index contributed by atoms with van der Waals surface area (Å²) in [6.45, 7) is 13.1. The molecule has 1 N–H and O–H groups in total. The Kier molecular flexibility index (Phi) is 5.19. The highest BCUT2D eigenvalue weighted by Gasteiger charge is 2.46. The molecule has 6 heteroatoms. The smallest absolute Gasteiger partial charge is 0.335 e. The number of rotatable bonds is 3. The van der Waals surface area contributed by atoms with E-state index in [0.29, 0.717) is 25.0 Å². The van der Waals surface area contributed by atoms with E-state index >= 15 is 0 Å². The van der Waals surface area contributed by atoms with Crippen molar-refractivity contribution in [2.45, 2.75) is 64.1 Å². The number of hydrogen-bond donors (Lipinski definition) is 1. The highest BCUT2D eigenvalue weighted by atomic mass is 32.1. The Balaban J connectivity index is 2.10. The second kappa shape index (κ2) is 6.89. The number of carbonyl (C=O) groups excluding carboxylic acids is 1. The minimum Gasteiger partial charge on any atom is -0.423 e. The number of aliphatic hydroxyl groups is 1. The lowest BCUT2D eigenvalue weighted by Crippen LogP contribution is -2.34. The molecule has 0 radical (unpaired) electrons. The third-order valence-electron chi connectivity index (χ3n) is 4.71. The molecule has 0 spiro atoms. The fourth-order valence-electron chi connectivity index (χ4n) is 3.66. The van der Waals surface area contributed by atoms with Gasteiger partial charge in [-0.15, -0.1) is 22.8 Å². The zero-order valence-electron chi connectivity index (χ0n) is 17.0. The predicted octanol–water partition coefficient (Wildman–Crippen LogP) is 4.99. The molecule has 3 nitrogen and oxygen atoms in total. The maximum atomic E-state index is 12.7. The zero-order chi connectivity index (χ0) is 20.0. The molecular formula is C21H28O3SSi2. The third kappa shape index (κ3) is 4.37. The van der Waals surface area contributed by atoms with Crippen molar-refractivity contribution in [2.24, 2.45) is 0 Å². The Morgan fingerprint density at radius 3 is 2.41 bits per heavy atom. The van der Waals surface area contributed by atoms with E-state index in [1.165, 1.54) is 0 Å². The number of esters is 1. The molecule has 0 unspecified atom stereocenters. The van der Waals surface area contributed by atoms with Crippen LogP contribution in [0.5, 0.6) is 0 Å². The van der Waals surface area contributed by atoms with E-state index in [9.17, 15) is 9.90 Å². The van der Waals surface area contributed by atoms with E-state index < -0.39 is 21.7 Å². The minimum absolute atomic E-state index is 0.217. The molecule has 0 aromatic carbocycles. The summed E-state index contributed by atoms with van der Waals surface area (Å²) < 4.78 is 5.76. The van der Waals surface area contributed by atoms with Crippen molar-refractivity contribution in [3.8, 4) is 11.5 Å². The van der Waals surface area contributed by atoms with Crippen LogP contribution in [0.1, 0.15) is 24.1 Å². The lowest BCUT2D eigenvalue weighted by molar-refractivity contribution is -0.132. The summed E-state index contributed by atoms with van der Waals surface area (Å²) in [4.78, 5) is 13.7. The van der Waals surface area contributed by atoms with Gasteiger partial charge in [0.1, 0.15) is 13.8 Å². The molecule has 1 aliphatic heterocycles. The fraction of sp³-hybridized carbons (Fsp3) is 0.476. The van der Waals surface area contributed by atoms with Gasteiger partial charge in [-0.3, -0.25) is 0 Å². The van der Waals surface area contributed by atoms with Gasteiger partial charge in [-0.2, -0.15) is 0 Å². The molecule has 1 aliphatic carbocycles. The van der Waals surface area contributed by atoms with Crippen molar-refractivity contribution in [2.75, 3.05) is 0 Å². The molecule has 0 saturated heterocycles. The summed E-state index contributed by atoms with van der Waals surface area (Å²) in [5.74, 6) is 3.73. The van der Waals surface area contributed by atoms with Crippen LogP contribution in [-0.4, -0.2) is 32.8 Å². The standard InChI is InChI=1S/C21H28O3SSi2/c1-26(2,3)12-8-10-21(23)13-15(17-9-7-11-25-17)18-16(14-21)19(20(22)24-18)27(4,5)6/h7,9,11,23H,10,13-14H2,1-6H3/t21-/m0/s1. The Labute approximate surface area is 168 Å². The molecule has 0 amide bonds. The largest absolute Gasteiger partial charge is 0.423 e. The summed E-state index contributed by atoms with van der Waals surface area (Å²) in [5, 5.41) is 14.3. The van der Waals surface area contributed by atoms with Gasteiger partial charge in [0.25, 0.3) is 0 Å². The van der Waals surface area contributed by atoms with Gasteiger partial charge in [-0.1, -0.05) is 45.3 Å². The molecule has 1 aromatic rings. The van der Waals surface area contributed by atoms with Crippen LogP contribution in [0, 0.1) is 11.5 Å². The molecule has 0 fully saturated rings. The van der Waals surface area contributed by atoms with Crippen molar-refractivity contribution in [3.63, 3.8) is 0 Å². The van der Waals surface area contributed by atoms with Gasteiger partial charge in [-0.05, 0) is 11.4 Å². The van der Waals surface area contributed by atoms with Crippen LogP contribution >= 0.6 is 11.3 Å². The van der Waals surface area contributed by atoms with Crippen LogP contribution in [0.2, 0.25) is 39.3 Å². The summed E-state index contributed by atoms with van der Waals surface area (Å²) in [5.41, 5.74) is 4.28. The first-order valence-electron chi connectivity index (χ1n) is 9.35. The van der Waals surface area contributed by atoms with Gasteiger partial charge in [0.15, 0.2) is 0 Å². The van der Waals surface area contributed by atoms with Gasteiger partial charge in [0.2, 0.25) is 0 Å². The highest BCUT2D eigenvalue weighted by Crippen LogP contribution is 2.49. The van der Waals surface area contributed by atoms with Crippen LogP contribution in [0.4, 0.5) is 0 Å². The van der Waals surface area contributed by atoms with Crippen molar-refractivity contribution < 1.29 is 14.6 Å². The zero-order valence-corrected chi connectivity index (χ0v) is 19.8. The molecule has 144 valence electrons. The monoisotopic (exact) mass is 416 g/mol. The lowest BCUT2D eigenvalue weighted by atomic mass is 9.78. The van der Waals surface area contributed by atoms with Crippen LogP contribution in [0.25, 0.3) is 5.57 Å². The SMILES string of the molecule is C[Si](C)(C)C#CC[C@@]1(O)CC2=C([Si](C)(C)C)C(=O)OC2=C(c2cccs2)C1. The second-order valence-electron chi connectivity index (χ2n) is 9.58. The molecule has 1 atom stereocenters. The van der Waals surface area contributed by atoms with E-state index in [2.05, 4.69) is 50.7 Å². The maximum Gasteiger partial charge on any atom is 0.335 e. The molecular weight excluding hydrogens is 388 g/mol. The number of thiophene rings is 1. The van der Waals surface area contributed by atoms with Crippen LogP contribution < -0.4 is 0 Å². The predicted molar refractivity (Wildman–Crippen MR) is 118 cm³/mol. The first kappa shape index (κ1) is 20.3. The Morgan fingerprint density at radius 1 is 1.19 bits per heavy atom. The van der Waals surface area contributed by atoms with E-state index in [-0.39, 0.29) is 5.97 Å². The van der Waals surface area contributed by atoms with Gasteiger partial charge < -0.3 is 9.84 Å². The summed E-state index contributed by atoms with van der Waals surface area (Å²) in [6.07, 6.45) is 1.35. The van der Waals surface area contributed by atoms with Crippen molar-refractivity contribution in [1.29, 1.82) is 0 Å². The first-order chi connectivity index (χ1) is 12.4. The summed E-state index contributed by atoms with van der Waals surface area (Å²) in [6, 6.07) is 4.02. The first-order valence-corrected chi connectivity index (χ1v) is 17.2. The van der Waals surface area contributed by atoms with Crippen molar-refractivity contribution in [3.05, 3.63) is 38.9 Å². The average molecular weight is 417 g/mol. The average Bonchev–Trinajstić information content (AvgIpc) is 3.10. The highest BCUT2D eigenvalue weighted by molar-refractivity contribution is 7.11. The lowest BCUT2D eigenvalue weighted by Gasteiger charge is -2.33. The number of ether oxygens (including phenoxy) is 1. The molecule has 0 bridgehead atoms. The van der Waals surface area contributed by atoms with E-state index in [1.54, 1.807) is 11.3 Å². The number of carbonyl (C=O) groups is 1. The van der Waals surface area contributed by atoms with E-state index in [1.807, 2.05) is 17.5 Å². The number of allylic oxidation sites excluding steroid dienone is 1. The van der Waals surface area contributed by atoms with Crippen molar-refractivity contribution in [1.82, 2.24) is 0 Å². The van der Waals surface area contributed by atoms with Crippen molar-refractivity contribution >= 4 is 39.0 Å². The second-order valence-corrected chi connectivity index (χ2v) is 20.3. The third-order valence-corrected chi connectivity index (χ3v) is 8.57. The molecule has 2 heterocycles. The fourth-order valence-corrected chi connectivity index (χ4v) is 6.82. The molecule has 1 aromatic heterocycles. The van der Waals surface area contributed by atoms with Crippen LogP contribution in [-0.2, 0) is 9.53 Å². The normalized spacial score (nSPS) is 23.1. The minimum atomic E-state index is -1.90. The molecule has 2 aliphatic rings. The number of fused-ring (bicyclic) bond motifs is 1. The Morgan fingerprint density at radius 2 is 1.85 bits per heavy atom. The topological polar surface area (TPSA) is 46.5 Å². The maximum absolute atomic E-state index is 12.7. The van der Waals surface area contributed by atoms with Gasteiger partial charge in [0, 0.05) is 40.5 Å². The molecule has 0 saturated carbocycles. The van der Waals surface area contributed by atoms with Gasteiger partial charge >= 0.3 is 5.97 Å². The number of hydrogen-bond acceptors (Lipinski definition) is 4. The Bertz CT molecular complexity index is 887. The summed E-state index contributed by atoms with van der Waals surface area (Å²) in [7, 11) is -3.39. The Hall–Kier alpha value is -1.40. The molecule has 3 rings (SSSR count). The van der Waals surface area contributed by atoms with Crippen LogP contribution in [0.15, 0.2) is 34.0 Å². The van der Waals surface area contributed by atoms with E-state index in [0.717, 1.165) is 21.2 Å². The quantitative estimate of drug-likeness (QED) is 0.429. The van der Waals surface area contributed by atoms with E-state index in [4.69, 9.17) is 4.74 Å². The summed E-state index contributed by atoms with van der Waals surface area (Å²) >= 11 is 1.62.